The van der Waals surface area contributed by atoms with Crippen molar-refractivity contribution in [1.82, 2.24) is 4.98 Å². The maximum Gasteiger partial charge on any atom is 0.365 e. The number of ether oxygens (including phenoxy) is 2. The van der Waals surface area contributed by atoms with Gasteiger partial charge in [-0.25, -0.2) is 9.78 Å². The van der Waals surface area contributed by atoms with E-state index in [1.54, 1.807) is 5.38 Å². The van der Waals surface area contributed by atoms with E-state index in [0.717, 1.165) is 17.1 Å². The Morgan fingerprint density at radius 2 is 2.05 bits per heavy atom. The Hall–Kier alpha value is -1.92. The largest absolute Gasteiger partial charge is 0.491 e. The van der Waals surface area contributed by atoms with Crippen molar-refractivity contribution in [3.8, 4) is 5.75 Å². The number of carboxylic acids is 1. The first-order chi connectivity index (χ1) is 9.25. The summed E-state index contributed by atoms with van der Waals surface area (Å²) in [7, 11) is 0. The second-order valence-electron chi connectivity index (χ2n) is 3.66. The molecule has 0 unspecified atom stereocenters. The van der Waals surface area contributed by atoms with Crippen LogP contribution in [0.5, 0.6) is 5.75 Å². The molecule has 2 aromatic rings. The number of thiazole rings is 1. The maximum atomic E-state index is 10.6. The van der Waals surface area contributed by atoms with E-state index in [0.29, 0.717) is 25.5 Å². The van der Waals surface area contributed by atoms with Crippen LogP contribution in [0.1, 0.15) is 15.5 Å². The molecule has 19 heavy (non-hydrogen) atoms. The Labute approximate surface area is 114 Å². The second kappa shape index (κ2) is 6.86. The molecule has 0 amide bonds. The molecule has 6 heteroatoms. The molecule has 0 aliphatic carbocycles. The number of nitrogens with zero attached hydrogens (tertiary/aromatic N) is 1. The smallest absolute Gasteiger partial charge is 0.365 e. The SMILES string of the molecule is O=C(O)c1nc(COCCOc2ccccc2)cs1. The van der Waals surface area contributed by atoms with E-state index in [2.05, 4.69) is 4.98 Å². The van der Waals surface area contributed by atoms with E-state index in [9.17, 15) is 4.79 Å². The molecule has 5 nitrogen and oxygen atoms in total. The zero-order chi connectivity index (χ0) is 13.5. The van der Waals surface area contributed by atoms with E-state index in [1.165, 1.54) is 0 Å². The van der Waals surface area contributed by atoms with Crippen LogP contribution < -0.4 is 4.74 Å². The van der Waals surface area contributed by atoms with Crippen molar-refractivity contribution in [2.24, 2.45) is 0 Å². The van der Waals surface area contributed by atoms with Gasteiger partial charge in [-0.05, 0) is 12.1 Å². The highest BCUT2D eigenvalue weighted by atomic mass is 32.1. The van der Waals surface area contributed by atoms with Gasteiger partial charge in [0.25, 0.3) is 0 Å². The molecule has 1 N–H and O–H groups in total. The normalized spacial score (nSPS) is 10.3. The molecule has 0 radical (unpaired) electrons. The zero-order valence-electron chi connectivity index (χ0n) is 10.1. The Morgan fingerprint density at radius 1 is 1.26 bits per heavy atom. The van der Waals surface area contributed by atoms with Gasteiger partial charge in [0.2, 0.25) is 5.01 Å². The number of hydrogen-bond donors (Lipinski definition) is 1. The van der Waals surface area contributed by atoms with Gasteiger partial charge in [0, 0.05) is 5.38 Å². The summed E-state index contributed by atoms with van der Waals surface area (Å²) in [6.45, 7) is 1.16. The fourth-order valence-electron chi connectivity index (χ4n) is 1.38. The van der Waals surface area contributed by atoms with Gasteiger partial charge in [-0.2, -0.15) is 0 Å². The quantitative estimate of drug-likeness (QED) is 0.788. The average molecular weight is 279 g/mol. The van der Waals surface area contributed by atoms with Crippen molar-refractivity contribution < 1.29 is 19.4 Å². The van der Waals surface area contributed by atoms with Crippen LogP contribution >= 0.6 is 11.3 Å². The van der Waals surface area contributed by atoms with Crippen molar-refractivity contribution in [3.05, 3.63) is 46.4 Å². The lowest BCUT2D eigenvalue weighted by atomic mass is 10.3. The van der Waals surface area contributed by atoms with Gasteiger partial charge in [0.15, 0.2) is 0 Å². The molecule has 2 rings (SSSR count). The third-order valence-corrected chi connectivity index (χ3v) is 3.10. The third-order valence-electron chi connectivity index (χ3n) is 2.22. The number of carboxylic acid groups (broad SMARTS) is 1. The van der Waals surface area contributed by atoms with Gasteiger partial charge in [0.05, 0.1) is 18.9 Å². The predicted octanol–water partition coefficient (Wildman–Crippen LogP) is 2.44. The summed E-state index contributed by atoms with van der Waals surface area (Å²) in [5.41, 5.74) is 0.627. The molecule has 1 heterocycles. The minimum Gasteiger partial charge on any atom is -0.491 e. The number of benzene rings is 1. The molecule has 100 valence electrons. The van der Waals surface area contributed by atoms with E-state index in [4.69, 9.17) is 14.6 Å². The number of aromatic nitrogens is 1. The van der Waals surface area contributed by atoms with Crippen LogP contribution in [-0.4, -0.2) is 29.3 Å². The van der Waals surface area contributed by atoms with Crippen LogP contribution in [-0.2, 0) is 11.3 Å². The minimum absolute atomic E-state index is 0.0825. The van der Waals surface area contributed by atoms with Gasteiger partial charge in [0.1, 0.15) is 12.4 Å². The van der Waals surface area contributed by atoms with Crippen molar-refractivity contribution in [1.29, 1.82) is 0 Å². The van der Waals surface area contributed by atoms with E-state index >= 15 is 0 Å². The van der Waals surface area contributed by atoms with Crippen LogP contribution in [0, 0.1) is 0 Å². The summed E-state index contributed by atoms with van der Waals surface area (Å²) in [6, 6.07) is 9.47. The van der Waals surface area contributed by atoms with Crippen molar-refractivity contribution in [2.45, 2.75) is 6.61 Å². The van der Waals surface area contributed by atoms with Gasteiger partial charge in [-0.3, -0.25) is 0 Å². The van der Waals surface area contributed by atoms with E-state index < -0.39 is 5.97 Å². The molecular formula is C13H13NO4S. The lowest BCUT2D eigenvalue weighted by molar-refractivity contribution is 0.0693. The number of hydrogen-bond acceptors (Lipinski definition) is 5. The summed E-state index contributed by atoms with van der Waals surface area (Å²) in [4.78, 5) is 14.6. The van der Waals surface area contributed by atoms with Crippen LogP contribution in [0.3, 0.4) is 0 Å². The zero-order valence-corrected chi connectivity index (χ0v) is 10.9. The van der Waals surface area contributed by atoms with Gasteiger partial charge in [-0.1, -0.05) is 18.2 Å². The maximum absolute atomic E-state index is 10.6. The summed E-state index contributed by atoms with van der Waals surface area (Å²) >= 11 is 1.10. The highest BCUT2D eigenvalue weighted by Gasteiger charge is 2.08. The first-order valence-electron chi connectivity index (χ1n) is 5.69. The molecule has 1 aromatic heterocycles. The molecule has 0 saturated heterocycles. The van der Waals surface area contributed by atoms with E-state index in [1.807, 2.05) is 30.3 Å². The van der Waals surface area contributed by atoms with E-state index in [-0.39, 0.29) is 5.01 Å². The fourth-order valence-corrected chi connectivity index (χ4v) is 2.02. The van der Waals surface area contributed by atoms with Gasteiger partial charge in [-0.15, -0.1) is 11.3 Å². The van der Waals surface area contributed by atoms with Crippen LogP contribution in [0.25, 0.3) is 0 Å². The average Bonchev–Trinajstić information content (AvgIpc) is 2.89. The van der Waals surface area contributed by atoms with Crippen LogP contribution in [0.2, 0.25) is 0 Å². The summed E-state index contributed by atoms with van der Waals surface area (Å²) < 4.78 is 10.8. The Morgan fingerprint density at radius 3 is 2.74 bits per heavy atom. The standard InChI is InChI=1S/C13H13NO4S/c15-13(16)12-14-10(9-19-12)8-17-6-7-18-11-4-2-1-3-5-11/h1-5,9H,6-8H2,(H,15,16). The number of carbonyl (C=O) groups is 1. The van der Waals surface area contributed by atoms with Crippen molar-refractivity contribution >= 4 is 17.3 Å². The monoisotopic (exact) mass is 279 g/mol. The predicted molar refractivity (Wildman–Crippen MR) is 70.7 cm³/mol. The van der Waals surface area contributed by atoms with Crippen LogP contribution in [0.4, 0.5) is 0 Å². The van der Waals surface area contributed by atoms with Crippen molar-refractivity contribution in [2.75, 3.05) is 13.2 Å². The van der Waals surface area contributed by atoms with Crippen LogP contribution in [0.15, 0.2) is 35.7 Å². The Kier molecular flexibility index (Phi) is 4.88. The summed E-state index contributed by atoms with van der Waals surface area (Å²) in [5, 5.41) is 10.5. The molecule has 0 bridgehead atoms. The Bertz CT molecular complexity index is 526. The Balaban J connectivity index is 1.65. The first-order valence-corrected chi connectivity index (χ1v) is 6.57. The molecule has 0 aliphatic heterocycles. The fraction of sp³-hybridized carbons (Fsp3) is 0.231. The number of rotatable bonds is 7. The second-order valence-corrected chi connectivity index (χ2v) is 4.52. The molecule has 1 aromatic carbocycles. The molecule has 0 aliphatic rings. The lowest BCUT2D eigenvalue weighted by Crippen LogP contribution is -2.07. The topological polar surface area (TPSA) is 68.7 Å². The van der Waals surface area contributed by atoms with Gasteiger partial charge < -0.3 is 14.6 Å². The van der Waals surface area contributed by atoms with Gasteiger partial charge >= 0.3 is 5.97 Å². The number of para-hydroxylation sites is 1. The highest BCUT2D eigenvalue weighted by Crippen LogP contribution is 2.11. The summed E-state index contributed by atoms with van der Waals surface area (Å²) in [5.74, 6) is -0.211. The first kappa shape index (κ1) is 13.5. The third kappa shape index (κ3) is 4.35. The highest BCUT2D eigenvalue weighted by molar-refractivity contribution is 7.11. The minimum atomic E-state index is -1.01. The molecule has 0 spiro atoms. The molecule has 0 atom stereocenters. The number of aromatic carboxylic acids is 1. The summed E-state index contributed by atoms with van der Waals surface area (Å²) in [6.07, 6.45) is 0. The molecule has 0 fully saturated rings. The lowest BCUT2D eigenvalue weighted by Gasteiger charge is -2.05. The molecule has 0 saturated carbocycles. The van der Waals surface area contributed by atoms with Crippen molar-refractivity contribution in [3.63, 3.8) is 0 Å². The molecular weight excluding hydrogens is 266 g/mol.